The van der Waals surface area contributed by atoms with Crippen LogP contribution in [0.2, 0.25) is 0 Å². The second-order valence-electron chi connectivity index (χ2n) is 7.24. The maximum atomic E-state index is 9.51. The van der Waals surface area contributed by atoms with Gasteiger partial charge in [-0.15, -0.1) is 0 Å². The van der Waals surface area contributed by atoms with Crippen LogP contribution < -0.4 is 0 Å². The molecule has 22 heavy (non-hydrogen) atoms. The molecule has 126 valence electrons. The SMILES string of the molecule is CC[C@H](O)C#CC[C@H]1OC(C)(C)O[C@@H]1CCCCCC1CC1. The molecule has 3 nitrogen and oxygen atoms in total. The van der Waals surface area contributed by atoms with Gasteiger partial charge in [-0.25, -0.2) is 0 Å². The average molecular weight is 308 g/mol. The first-order valence-corrected chi connectivity index (χ1v) is 9.02. The van der Waals surface area contributed by atoms with Crippen LogP contribution in [0, 0.1) is 17.8 Å². The zero-order chi connectivity index (χ0) is 16.0. The van der Waals surface area contributed by atoms with E-state index in [1.807, 2.05) is 20.8 Å². The summed E-state index contributed by atoms with van der Waals surface area (Å²) in [6, 6.07) is 0. The molecule has 2 fully saturated rings. The van der Waals surface area contributed by atoms with Crippen LogP contribution in [0.4, 0.5) is 0 Å². The third kappa shape index (κ3) is 6.28. The first-order valence-electron chi connectivity index (χ1n) is 9.02. The Balaban J connectivity index is 1.71. The van der Waals surface area contributed by atoms with E-state index < -0.39 is 11.9 Å². The van der Waals surface area contributed by atoms with Gasteiger partial charge in [0.1, 0.15) is 6.10 Å². The molecule has 0 radical (unpaired) electrons. The van der Waals surface area contributed by atoms with Crippen molar-refractivity contribution in [2.24, 2.45) is 5.92 Å². The fraction of sp³-hybridized carbons (Fsp3) is 0.895. The minimum Gasteiger partial charge on any atom is -0.380 e. The van der Waals surface area contributed by atoms with Crippen LogP contribution in [-0.2, 0) is 9.47 Å². The van der Waals surface area contributed by atoms with Gasteiger partial charge in [-0.05, 0) is 32.6 Å². The molecule has 0 spiro atoms. The summed E-state index contributed by atoms with van der Waals surface area (Å²) in [6.07, 6.45) is 10.2. The molecule has 1 saturated heterocycles. The van der Waals surface area contributed by atoms with Crippen LogP contribution in [0.15, 0.2) is 0 Å². The molecule has 0 amide bonds. The van der Waals surface area contributed by atoms with Crippen molar-refractivity contribution in [2.75, 3.05) is 0 Å². The molecule has 0 aromatic heterocycles. The van der Waals surface area contributed by atoms with Gasteiger partial charge in [0.2, 0.25) is 0 Å². The third-order valence-corrected chi connectivity index (χ3v) is 4.54. The molecule has 2 rings (SSSR count). The molecule has 1 aliphatic carbocycles. The minimum absolute atomic E-state index is 0.0370. The van der Waals surface area contributed by atoms with Gasteiger partial charge in [-0.1, -0.05) is 57.3 Å². The topological polar surface area (TPSA) is 38.7 Å². The molecule has 0 aromatic rings. The van der Waals surface area contributed by atoms with E-state index in [9.17, 15) is 5.11 Å². The number of hydrogen-bond donors (Lipinski definition) is 1. The fourth-order valence-electron chi connectivity index (χ4n) is 3.07. The van der Waals surface area contributed by atoms with Gasteiger partial charge in [-0.2, -0.15) is 0 Å². The number of unbranched alkanes of at least 4 members (excludes halogenated alkanes) is 2. The van der Waals surface area contributed by atoms with Crippen molar-refractivity contribution >= 4 is 0 Å². The second-order valence-corrected chi connectivity index (χ2v) is 7.24. The van der Waals surface area contributed by atoms with Gasteiger partial charge in [-0.3, -0.25) is 0 Å². The van der Waals surface area contributed by atoms with Crippen LogP contribution in [0.1, 0.15) is 78.6 Å². The lowest BCUT2D eigenvalue weighted by Gasteiger charge is -2.16. The Morgan fingerprint density at radius 1 is 1.09 bits per heavy atom. The Bertz CT molecular complexity index is 389. The zero-order valence-corrected chi connectivity index (χ0v) is 14.4. The fourth-order valence-corrected chi connectivity index (χ4v) is 3.07. The molecule has 3 heteroatoms. The summed E-state index contributed by atoms with van der Waals surface area (Å²) >= 11 is 0. The summed E-state index contributed by atoms with van der Waals surface area (Å²) in [4.78, 5) is 0. The van der Waals surface area contributed by atoms with E-state index >= 15 is 0 Å². The highest BCUT2D eigenvalue weighted by Crippen LogP contribution is 2.35. The van der Waals surface area contributed by atoms with Crippen LogP contribution in [0.25, 0.3) is 0 Å². The lowest BCUT2D eigenvalue weighted by Crippen LogP contribution is -2.22. The predicted octanol–water partition coefficient (Wildman–Crippen LogP) is 4.03. The number of aliphatic hydroxyl groups is 1. The second kappa shape index (κ2) is 8.34. The van der Waals surface area contributed by atoms with Crippen LogP contribution >= 0.6 is 0 Å². The van der Waals surface area contributed by atoms with Gasteiger partial charge in [0.05, 0.1) is 12.2 Å². The van der Waals surface area contributed by atoms with Crippen molar-refractivity contribution in [3.05, 3.63) is 0 Å². The first-order chi connectivity index (χ1) is 10.5. The summed E-state index contributed by atoms with van der Waals surface area (Å²) in [6.45, 7) is 5.88. The molecular formula is C19H32O3. The Morgan fingerprint density at radius 2 is 1.77 bits per heavy atom. The molecular weight excluding hydrogens is 276 g/mol. The standard InChI is InChI=1S/C19H32O3/c1-4-16(20)10-8-12-18-17(21-19(2,3)22-18)11-7-5-6-9-15-13-14-15/h15-18,20H,4-7,9,11-14H2,1-3H3/t16-,17+,18+/m0/s1. The molecule has 1 aliphatic heterocycles. The number of aliphatic hydroxyl groups excluding tert-OH is 1. The van der Waals surface area contributed by atoms with Gasteiger partial charge < -0.3 is 14.6 Å². The van der Waals surface area contributed by atoms with E-state index in [1.165, 1.54) is 38.5 Å². The van der Waals surface area contributed by atoms with Crippen molar-refractivity contribution in [3.8, 4) is 11.8 Å². The normalized spacial score (nSPS) is 28.2. The molecule has 2 aliphatic rings. The Morgan fingerprint density at radius 3 is 2.45 bits per heavy atom. The summed E-state index contributed by atoms with van der Waals surface area (Å²) in [5.41, 5.74) is 0. The highest BCUT2D eigenvalue weighted by Gasteiger charge is 2.40. The summed E-state index contributed by atoms with van der Waals surface area (Å²) < 4.78 is 12.0. The average Bonchev–Trinajstić information content (AvgIpc) is 3.23. The van der Waals surface area contributed by atoms with E-state index in [2.05, 4.69) is 11.8 Å². The number of rotatable bonds is 8. The molecule has 0 aromatic carbocycles. The first kappa shape index (κ1) is 17.8. The summed E-state index contributed by atoms with van der Waals surface area (Å²) in [5.74, 6) is 6.47. The number of ether oxygens (including phenoxy) is 2. The van der Waals surface area contributed by atoms with Crippen molar-refractivity contribution in [1.29, 1.82) is 0 Å². The Kier molecular flexibility index (Phi) is 6.74. The van der Waals surface area contributed by atoms with Crippen LogP contribution in [0.3, 0.4) is 0 Å². The van der Waals surface area contributed by atoms with Gasteiger partial charge >= 0.3 is 0 Å². The maximum Gasteiger partial charge on any atom is 0.163 e. The van der Waals surface area contributed by atoms with E-state index in [4.69, 9.17) is 9.47 Å². The molecule has 1 heterocycles. The quantitative estimate of drug-likeness (QED) is 0.543. The minimum atomic E-state index is -0.517. The third-order valence-electron chi connectivity index (χ3n) is 4.54. The molecule has 0 bridgehead atoms. The summed E-state index contributed by atoms with van der Waals surface area (Å²) in [5, 5.41) is 9.51. The number of hydrogen-bond acceptors (Lipinski definition) is 3. The smallest absolute Gasteiger partial charge is 0.163 e. The Labute approximate surface area is 135 Å². The van der Waals surface area contributed by atoms with Gasteiger partial charge in [0, 0.05) is 6.42 Å². The molecule has 1 N–H and O–H groups in total. The highest BCUT2D eigenvalue weighted by atomic mass is 16.7. The van der Waals surface area contributed by atoms with Crippen molar-refractivity contribution in [1.82, 2.24) is 0 Å². The van der Waals surface area contributed by atoms with Crippen molar-refractivity contribution in [3.63, 3.8) is 0 Å². The highest BCUT2D eigenvalue weighted by molar-refractivity contribution is 5.06. The Hall–Kier alpha value is -0.560. The molecule has 3 atom stereocenters. The molecule has 0 unspecified atom stereocenters. The lowest BCUT2D eigenvalue weighted by molar-refractivity contribution is -0.146. The van der Waals surface area contributed by atoms with Gasteiger partial charge in [0.15, 0.2) is 5.79 Å². The maximum absolute atomic E-state index is 9.51. The lowest BCUT2D eigenvalue weighted by atomic mass is 10.0. The summed E-state index contributed by atoms with van der Waals surface area (Å²) in [7, 11) is 0. The monoisotopic (exact) mass is 308 g/mol. The van der Waals surface area contributed by atoms with E-state index in [1.54, 1.807) is 0 Å². The van der Waals surface area contributed by atoms with E-state index in [-0.39, 0.29) is 12.2 Å². The van der Waals surface area contributed by atoms with Gasteiger partial charge in [0.25, 0.3) is 0 Å². The molecule has 1 saturated carbocycles. The zero-order valence-electron chi connectivity index (χ0n) is 14.4. The van der Waals surface area contributed by atoms with E-state index in [0.717, 1.165) is 12.3 Å². The van der Waals surface area contributed by atoms with Crippen LogP contribution in [-0.4, -0.2) is 29.2 Å². The largest absolute Gasteiger partial charge is 0.380 e. The van der Waals surface area contributed by atoms with Crippen LogP contribution in [0.5, 0.6) is 0 Å². The predicted molar refractivity (Wildman–Crippen MR) is 88.3 cm³/mol. The van der Waals surface area contributed by atoms with E-state index in [0.29, 0.717) is 12.8 Å². The van der Waals surface area contributed by atoms with Crippen molar-refractivity contribution < 1.29 is 14.6 Å². The van der Waals surface area contributed by atoms with Crippen molar-refractivity contribution in [2.45, 2.75) is 103 Å².